The first-order chi connectivity index (χ1) is 7.34. The van der Waals surface area contributed by atoms with E-state index in [4.69, 9.17) is 0 Å². The van der Waals surface area contributed by atoms with Gasteiger partial charge in [0.2, 0.25) is 0 Å². The van der Waals surface area contributed by atoms with Gasteiger partial charge in [0.15, 0.2) is 0 Å². The lowest BCUT2D eigenvalue weighted by Crippen LogP contribution is -2.26. The predicted molar refractivity (Wildman–Crippen MR) is 66.5 cm³/mol. The summed E-state index contributed by atoms with van der Waals surface area (Å²) < 4.78 is 0. The van der Waals surface area contributed by atoms with E-state index in [0.29, 0.717) is 0 Å². The molecule has 1 unspecified atom stereocenters. The Morgan fingerprint density at radius 3 is 3.20 bits per heavy atom. The predicted octanol–water partition coefficient (Wildman–Crippen LogP) is 1.83. The Hall–Kier alpha value is -0.380. The zero-order chi connectivity index (χ0) is 10.5. The molecule has 1 fully saturated rings. The van der Waals surface area contributed by atoms with Gasteiger partial charge in [-0.1, -0.05) is 6.07 Å². The van der Waals surface area contributed by atoms with Crippen LogP contribution in [0.3, 0.4) is 0 Å². The second-order valence-corrected chi connectivity index (χ2v) is 5.48. The van der Waals surface area contributed by atoms with E-state index in [1.165, 1.54) is 37.4 Å². The SMILES string of the molecule is CN1CCC(CNCCc2cccs2)C1. The summed E-state index contributed by atoms with van der Waals surface area (Å²) in [6.45, 7) is 4.86. The Labute approximate surface area is 96.3 Å². The van der Waals surface area contributed by atoms with Crippen LogP contribution in [-0.2, 0) is 6.42 Å². The average Bonchev–Trinajstić information content (AvgIpc) is 2.84. The first kappa shape index (κ1) is 11.1. The van der Waals surface area contributed by atoms with Gasteiger partial charge in [0.05, 0.1) is 0 Å². The lowest BCUT2D eigenvalue weighted by Gasteiger charge is -2.11. The van der Waals surface area contributed by atoms with Crippen LogP contribution in [0.4, 0.5) is 0 Å². The molecule has 0 bridgehead atoms. The van der Waals surface area contributed by atoms with Gasteiger partial charge >= 0.3 is 0 Å². The van der Waals surface area contributed by atoms with Crippen molar-refractivity contribution < 1.29 is 0 Å². The van der Waals surface area contributed by atoms with Crippen molar-refractivity contribution in [2.45, 2.75) is 12.8 Å². The Morgan fingerprint density at radius 2 is 2.53 bits per heavy atom. The van der Waals surface area contributed by atoms with Crippen LogP contribution in [0.1, 0.15) is 11.3 Å². The first-order valence-corrected chi connectivity index (χ1v) is 6.64. The number of nitrogens with one attached hydrogen (secondary N) is 1. The van der Waals surface area contributed by atoms with Crippen LogP contribution in [0.2, 0.25) is 0 Å². The van der Waals surface area contributed by atoms with Crippen molar-refractivity contribution in [3.05, 3.63) is 22.4 Å². The number of hydrogen-bond acceptors (Lipinski definition) is 3. The molecular formula is C12H20N2S. The molecule has 0 amide bonds. The van der Waals surface area contributed by atoms with E-state index in [2.05, 4.69) is 34.8 Å². The molecule has 1 aromatic rings. The molecule has 0 spiro atoms. The van der Waals surface area contributed by atoms with Gasteiger partial charge in [0.25, 0.3) is 0 Å². The maximum absolute atomic E-state index is 3.57. The molecule has 1 aromatic heterocycles. The van der Waals surface area contributed by atoms with Gasteiger partial charge < -0.3 is 10.2 Å². The zero-order valence-corrected chi connectivity index (χ0v) is 10.2. The molecule has 3 heteroatoms. The van der Waals surface area contributed by atoms with Crippen molar-refractivity contribution in [3.8, 4) is 0 Å². The minimum atomic E-state index is 0.873. The first-order valence-electron chi connectivity index (χ1n) is 5.76. The largest absolute Gasteiger partial charge is 0.316 e. The third kappa shape index (κ3) is 3.59. The molecule has 0 radical (unpaired) electrons. The van der Waals surface area contributed by atoms with E-state index >= 15 is 0 Å². The van der Waals surface area contributed by atoms with E-state index < -0.39 is 0 Å². The molecule has 1 N–H and O–H groups in total. The van der Waals surface area contributed by atoms with E-state index in [-0.39, 0.29) is 0 Å². The third-order valence-electron chi connectivity index (χ3n) is 3.05. The molecule has 84 valence electrons. The van der Waals surface area contributed by atoms with E-state index in [0.717, 1.165) is 12.5 Å². The Bertz CT molecular complexity index is 271. The molecule has 1 aliphatic heterocycles. The molecule has 0 saturated carbocycles. The van der Waals surface area contributed by atoms with Gasteiger partial charge in [-0.2, -0.15) is 0 Å². The van der Waals surface area contributed by atoms with E-state index in [1.807, 2.05) is 11.3 Å². The summed E-state index contributed by atoms with van der Waals surface area (Å²) >= 11 is 1.86. The van der Waals surface area contributed by atoms with Crippen LogP contribution < -0.4 is 5.32 Å². The van der Waals surface area contributed by atoms with Crippen LogP contribution in [0, 0.1) is 5.92 Å². The van der Waals surface area contributed by atoms with Gasteiger partial charge in [0, 0.05) is 11.4 Å². The summed E-state index contributed by atoms with van der Waals surface area (Å²) in [5.74, 6) is 0.873. The summed E-state index contributed by atoms with van der Waals surface area (Å²) in [7, 11) is 2.21. The average molecular weight is 224 g/mol. The molecule has 2 rings (SSSR count). The van der Waals surface area contributed by atoms with Crippen LogP contribution >= 0.6 is 11.3 Å². The van der Waals surface area contributed by atoms with Crippen LogP contribution in [-0.4, -0.2) is 38.1 Å². The second-order valence-electron chi connectivity index (χ2n) is 4.45. The topological polar surface area (TPSA) is 15.3 Å². The lowest BCUT2D eigenvalue weighted by molar-refractivity contribution is 0.389. The van der Waals surface area contributed by atoms with Gasteiger partial charge in [-0.3, -0.25) is 0 Å². The van der Waals surface area contributed by atoms with Crippen molar-refractivity contribution in [1.29, 1.82) is 0 Å². The zero-order valence-electron chi connectivity index (χ0n) is 9.41. The number of rotatable bonds is 5. The molecule has 2 nitrogen and oxygen atoms in total. The molecule has 0 aliphatic carbocycles. The second kappa shape index (κ2) is 5.64. The number of hydrogen-bond donors (Lipinski definition) is 1. The fraction of sp³-hybridized carbons (Fsp3) is 0.667. The maximum Gasteiger partial charge on any atom is 0.00578 e. The van der Waals surface area contributed by atoms with Crippen molar-refractivity contribution in [3.63, 3.8) is 0 Å². The van der Waals surface area contributed by atoms with Gasteiger partial charge in [-0.05, 0) is 56.9 Å². The standard InChI is InChI=1S/C12H20N2S/c1-14-7-5-11(10-14)9-13-6-4-12-3-2-8-15-12/h2-3,8,11,13H,4-7,9-10H2,1H3. The highest BCUT2D eigenvalue weighted by Gasteiger charge is 2.18. The summed E-state index contributed by atoms with van der Waals surface area (Å²) in [6, 6.07) is 4.35. The van der Waals surface area contributed by atoms with Crippen LogP contribution in [0.15, 0.2) is 17.5 Å². The van der Waals surface area contributed by atoms with Crippen LogP contribution in [0.25, 0.3) is 0 Å². The highest BCUT2D eigenvalue weighted by Crippen LogP contribution is 2.13. The fourth-order valence-electron chi connectivity index (χ4n) is 2.17. The molecule has 2 heterocycles. The molecule has 1 aliphatic rings. The van der Waals surface area contributed by atoms with Gasteiger partial charge in [-0.15, -0.1) is 11.3 Å². The van der Waals surface area contributed by atoms with Crippen LogP contribution in [0.5, 0.6) is 0 Å². The molecule has 0 aromatic carbocycles. The van der Waals surface area contributed by atoms with Crippen molar-refractivity contribution >= 4 is 11.3 Å². The quantitative estimate of drug-likeness (QED) is 0.768. The number of nitrogens with zero attached hydrogens (tertiary/aromatic N) is 1. The minimum absolute atomic E-state index is 0.873. The van der Waals surface area contributed by atoms with Gasteiger partial charge in [0.1, 0.15) is 0 Å². The fourth-order valence-corrected chi connectivity index (χ4v) is 2.87. The van der Waals surface area contributed by atoms with Crippen molar-refractivity contribution in [2.24, 2.45) is 5.92 Å². The maximum atomic E-state index is 3.57. The van der Waals surface area contributed by atoms with Crippen molar-refractivity contribution in [2.75, 3.05) is 33.2 Å². The smallest absolute Gasteiger partial charge is 0.00578 e. The highest BCUT2D eigenvalue weighted by atomic mass is 32.1. The van der Waals surface area contributed by atoms with Crippen molar-refractivity contribution in [1.82, 2.24) is 10.2 Å². The number of thiophene rings is 1. The monoisotopic (exact) mass is 224 g/mol. The molecular weight excluding hydrogens is 204 g/mol. The Kier molecular flexibility index (Phi) is 4.18. The summed E-state index contributed by atoms with van der Waals surface area (Å²) in [5, 5.41) is 5.72. The van der Waals surface area contributed by atoms with E-state index in [9.17, 15) is 0 Å². The Morgan fingerprint density at radius 1 is 1.60 bits per heavy atom. The van der Waals surface area contributed by atoms with E-state index in [1.54, 1.807) is 0 Å². The normalized spacial score (nSPS) is 22.3. The molecule has 1 saturated heterocycles. The van der Waals surface area contributed by atoms with Gasteiger partial charge in [-0.25, -0.2) is 0 Å². The highest BCUT2D eigenvalue weighted by molar-refractivity contribution is 7.09. The third-order valence-corrected chi connectivity index (χ3v) is 3.99. The minimum Gasteiger partial charge on any atom is -0.316 e. The number of likely N-dealkylation sites (tertiary alicyclic amines) is 1. The summed E-state index contributed by atoms with van der Waals surface area (Å²) in [4.78, 5) is 3.91. The lowest BCUT2D eigenvalue weighted by atomic mass is 10.1. The molecule has 15 heavy (non-hydrogen) atoms. The Balaban J connectivity index is 1.55. The summed E-state index contributed by atoms with van der Waals surface area (Å²) in [5.41, 5.74) is 0. The molecule has 1 atom stereocenters. The summed E-state index contributed by atoms with van der Waals surface area (Å²) in [6.07, 6.45) is 2.54.